The monoisotopic (exact) mass is 294 g/mol. The molecule has 1 unspecified atom stereocenters. The summed E-state index contributed by atoms with van der Waals surface area (Å²) in [4.78, 5) is 6.83. The van der Waals surface area contributed by atoms with Crippen LogP contribution in [0.2, 0.25) is 0 Å². The van der Waals surface area contributed by atoms with Gasteiger partial charge in [-0.2, -0.15) is 0 Å². The number of hydrogen-bond acceptors (Lipinski definition) is 3. The molecule has 1 aromatic heterocycles. The highest BCUT2D eigenvalue weighted by molar-refractivity contribution is 5.41. The van der Waals surface area contributed by atoms with E-state index < -0.39 is 5.60 Å². The van der Waals surface area contributed by atoms with E-state index in [0.717, 1.165) is 37.3 Å². The summed E-state index contributed by atoms with van der Waals surface area (Å²) in [6, 6.07) is 14.3. The molecule has 1 aliphatic heterocycles. The summed E-state index contributed by atoms with van der Waals surface area (Å²) in [5.41, 5.74) is 1.68. The summed E-state index contributed by atoms with van der Waals surface area (Å²) >= 11 is 0. The van der Waals surface area contributed by atoms with Gasteiger partial charge in [0.15, 0.2) is 0 Å². The number of benzene rings is 1. The molecule has 3 nitrogen and oxygen atoms in total. The van der Waals surface area contributed by atoms with Crippen LogP contribution in [0.3, 0.4) is 0 Å². The Kier molecular flexibility index (Phi) is 3.19. The van der Waals surface area contributed by atoms with E-state index in [0.29, 0.717) is 11.8 Å². The minimum Gasteiger partial charge on any atom is -0.385 e. The van der Waals surface area contributed by atoms with Gasteiger partial charge in [0.1, 0.15) is 5.82 Å². The van der Waals surface area contributed by atoms with Crippen molar-refractivity contribution in [3.63, 3.8) is 0 Å². The van der Waals surface area contributed by atoms with Crippen LogP contribution in [0.25, 0.3) is 0 Å². The number of rotatable bonds is 2. The van der Waals surface area contributed by atoms with Crippen molar-refractivity contribution >= 4 is 5.82 Å². The number of anilines is 1. The Morgan fingerprint density at radius 2 is 1.73 bits per heavy atom. The van der Waals surface area contributed by atoms with Crippen LogP contribution in [0.1, 0.15) is 24.0 Å². The van der Waals surface area contributed by atoms with Crippen molar-refractivity contribution in [3.05, 3.63) is 59.8 Å². The first-order valence-corrected chi connectivity index (χ1v) is 8.10. The lowest BCUT2D eigenvalue weighted by atomic mass is 9.87. The Labute approximate surface area is 131 Å². The molecular weight excluding hydrogens is 272 g/mol. The maximum atomic E-state index is 11.2. The summed E-state index contributed by atoms with van der Waals surface area (Å²) in [5.74, 6) is 2.19. The Hall–Kier alpha value is -1.87. The van der Waals surface area contributed by atoms with Gasteiger partial charge >= 0.3 is 0 Å². The quantitative estimate of drug-likeness (QED) is 0.924. The first kappa shape index (κ1) is 13.8. The first-order valence-electron chi connectivity index (χ1n) is 8.10. The van der Waals surface area contributed by atoms with Crippen LogP contribution in [0, 0.1) is 18.8 Å². The van der Waals surface area contributed by atoms with Crippen LogP contribution < -0.4 is 4.90 Å². The van der Waals surface area contributed by atoms with Crippen molar-refractivity contribution in [2.24, 2.45) is 11.8 Å². The van der Waals surface area contributed by atoms with E-state index >= 15 is 0 Å². The zero-order valence-corrected chi connectivity index (χ0v) is 12.9. The average Bonchev–Trinajstić information content (AvgIpc) is 3.04. The molecule has 2 aliphatic rings. The predicted molar refractivity (Wildman–Crippen MR) is 87.7 cm³/mol. The number of aliphatic hydroxyl groups is 1. The third kappa shape index (κ3) is 2.20. The molecule has 3 atom stereocenters. The van der Waals surface area contributed by atoms with Crippen molar-refractivity contribution < 1.29 is 5.11 Å². The minimum atomic E-state index is -0.642. The topological polar surface area (TPSA) is 36.4 Å². The molecule has 0 radical (unpaired) electrons. The molecule has 2 aromatic rings. The molecule has 1 saturated heterocycles. The van der Waals surface area contributed by atoms with Crippen LogP contribution >= 0.6 is 0 Å². The third-order valence-electron chi connectivity index (χ3n) is 5.40. The van der Waals surface area contributed by atoms with Crippen molar-refractivity contribution in [1.82, 2.24) is 4.98 Å². The third-order valence-corrected chi connectivity index (χ3v) is 5.40. The molecule has 1 aromatic carbocycles. The number of fused-ring (bicyclic) bond motifs is 1. The van der Waals surface area contributed by atoms with E-state index in [4.69, 9.17) is 0 Å². The molecule has 22 heavy (non-hydrogen) atoms. The van der Waals surface area contributed by atoms with E-state index in [1.54, 1.807) is 0 Å². The van der Waals surface area contributed by atoms with Gasteiger partial charge in [-0.25, -0.2) is 4.98 Å². The van der Waals surface area contributed by atoms with Gasteiger partial charge in [-0.3, -0.25) is 0 Å². The van der Waals surface area contributed by atoms with Gasteiger partial charge in [0.25, 0.3) is 0 Å². The second-order valence-electron chi connectivity index (χ2n) is 6.87. The Morgan fingerprint density at radius 3 is 2.36 bits per heavy atom. The largest absolute Gasteiger partial charge is 0.385 e. The first-order chi connectivity index (χ1) is 10.7. The molecule has 2 fully saturated rings. The number of nitrogens with zero attached hydrogens (tertiary/aromatic N) is 2. The summed E-state index contributed by atoms with van der Waals surface area (Å²) in [7, 11) is 0. The van der Waals surface area contributed by atoms with Gasteiger partial charge in [0.05, 0.1) is 5.60 Å². The second-order valence-corrected chi connectivity index (χ2v) is 6.87. The zero-order chi connectivity index (χ0) is 15.2. The number of aryl methyl sites for hydroxylation is 1. The molecule has 114 valence electrons. The fourth-order valence-corrected chi connectivity index (χ4v) is 4.39. The fraction of sp³-hybridized carbons (Fsp3) is 0.421. The highest BCUT2D eigenvalue weighted by Crippen LogP contribution is 2.50. The number of aromatic nitrogens is 1. The molecule has 1 aliphatic carbocycles. The highest BCUT2D eigenvalue weighted by Gasteiger charge is 2.49. The Morgan fingerprint density at radius 1 is 1.05 bits per heavy atom. The van der Waals surface area contributed by atoms with Gasteiger partial charge < -0.3 is 10.0 Å². The van der Waals surface area contributed by atoms with E-state index in [1.807, 2.05) is 30.5 Å². The number of pyridine rings is 1. The van der Waals surface area contributed by atoms with Gasteiger partial charge in [-0.15, -0.1) is 0 Å². The van der Waals surface area contributed by atoms with Crippen molar-refractivity contribution in [3.8, 4) is 0 Å². The molecule has 1 saturated carbocycles. The molecule has 4 rings (SSSR count). The Balaban J connectivity index is 1.53. The van der Waals surface area contributed by atoms with E-state index in [1.165, 1.54) is 5.56 Å². The van der Waals surface area contributed by atoms with Gasteiger partial charge in [-0.1, -0.05) is 30.3 Å². The SMILES string of the molecule is Cc1ccccc1C1(O)C[C@H]2CN(c3ccccn3)C[C@H]2C1. The molecule has 2 heterocycles. The summed E-state index contributed by atoms with van der Waals surface area (Å²) in [5, 5.41) is 11.2. The zero-order valence-electron chi connectivity index (χ0n) is 12.9. The average molecular weight is 294 g/mol. The van der Waals surface area contributed by atoms with Crippen LogP contribution in [0.15, 0.2) is 48.7 Å². The molecule has 3 heteroatoms. The van der Waals surface area contributed by atoms with Crippen LogP contribution in [0.4, 0.5) is 5.82 Å². The lowest BCUT2D eigenvalue weighted by Gasteiger charge is -2.28. The minimum absolute atomic E-state index is 0.562. The molecule has 0 spiro atoms. The van der Waals surface area contributed by atoms with Gasteiger partial charge in [0.2, 0.25) is 0 Å². The lowest BCUT2D eigenvalue weighted by molar-refractivity contribution is 0.0359. The summed E-state index contributed by atoms with van der Waals surface area (Å²) in [6.45, 7) is 4.12. The fourth-order valence-electron chi connectivity index (χ4n) is 4.39. The van der Waals surface area contributed by atoms with Gasteiger partial charge in [0, 0.05) is 19.3 Å². The maximum Gasteiger partial charge on any atom is 0.128 e. The molecule has 0 amide bonds. The normalized spacial score (nSPS) is 30.5. The standard InChI is InChI=1S/C19H22N2O/c1-14-6-2-3-7-17(14)19(22)10-15-12-21(13-16(15)11-19)18-8-4-5-9-20-18/h2-9,15-16,22H,10-13H2,1H3/t15-,16+,19?. The molecular formula is C19H22N2O. The molecule has 0 bridgehead atoms. The molecule has 1 N–H and O–H groups in total. The van der Waals surface area contributed by atoms with Crippen LogP contribution in [0.5, 0.6) is 0 Å². The van der Waals surface area contributed by atoms with E-state index in [-0.39, 0.29) is 0 Å². The van der Waals surface area contributed by atoms with Gasteiger partial charge in [-0.05, 0) is 54.9 Å². The van der Waals surface area contributed by atoms with Crippen molar-refractivity contribution in [1.29, 1.82) is 0 Å². The van der Waals surface area contributed by atoms with E-state index in [9.17, 15) is 5.11 Å². The van der Waals surface area contributed by atoms with Crippen molar-refractivity contribution in [2.45, 2.75) is 25.4 Å². The van der Waals surface area contributed by atoms with Crippen LogP contribution in [-0.2, 0) is 5.60 Å². The van der Waals surface area contributed by atoms with Crippen molar-refractivity contribution in [2.75, 3.05) is 18.0 Å². The summed E-state index contributed by atoms with van der Waals surface area (Å²) in [6.07, 6.45) is 3.59. The maximum absolute atomic E-state index is 11.2. The lowest BCUT2D eigenvalue weighted by Crippen LogP contribution is -2.29. The number of hydrogen-bond donors (Lipinski definition) is 1. The summed E-state index contributed by atoms with van der Waals surface area (Å²) < 4.78 is 0. The Bertz CT molecular complexity index is 656. The van der Waals surface area contributed by atoms with Crippen LogP contribution in [-0.4, -0.2) is 23.2 Å². The smallest absolute Gasteiger partial charge is 0.128 e. The highest BCUT2D eigenvalue weighted by atomic mass is 16.3. The predicted octanol–water partition coefficient (Wildman–Crippen LogP) is 3.12. The van der Waals surface area contributed by atoms with E-state index in [2.05, 4.69) is 35.0 Å². The second kappa shape index (κ2) is 5.10.